The zero-order valence-corrected chi connectivity index (χ0v) is 14.6. The van der Waals surface area contributed by atoms with Gasteiger partial charge in [0.05, 0.1) is 11.1 Å². The Hall–Kier alpha value is -2.75. The molecule has 0 radical (unpaired) electrons. The molecule has 2 aliphatic heterocycles. The van der Waals surface area contributed by atoms with Gasteiger partial charge in [0.25, 0.3) is 5.56 Å². The molecule has 2 aliphatic rings. The van der Waals surface area contributed by atoms with E-state index in [2.05, 4.69) is 37.1 Å². The Kier molecular flexibility index (Phi) is 2.85. The number of nitrogens with zero attached hydrogens (tertiary/aromatic N) is 2. The zero-order chi connectivity index (χ0) is 17.3. The van der Waals surface area contributed by atoms with Gasteiger partial charge >= 0.3 is 0 Å². The van der Waals surface area contributed by atoms with E-state index in [0.717, 1.165) is 34.3 Å². The molecule has 5 rings (SSSR count). The van der Waals surface area contributed by atoms with Crippen molar-refractivity contribution in [1.29, 1.82) is 0 Å². The molecule has 4 heteroatoms. The average Bonchev–Trinajstić information content (AvgIpc) is 2.63. The summed E-state index contributed by atoms with van der Waals surface area (Å²) >= 11 is 0. The van der Waals surface area contributed by atoms with Gasteiger partial charge in [-0.2, -0.15) is 0 Å². The molecule has 2 atom stereocenters. The Balaban J connectivity index is 1.89. The summed E-state index contributed by atoms with van der Waals surface area (Å²) < 4.78 is 8.12. The van der Waals surface area contributed by atoms with E-state index in [1.807, 2.05) is 31.3 Å². The van der Waals surface area contributed by atoms with Crippen molar-refractivity contribution in [2.45, 2.75) is 25.5 Å². The molecule has 2 bridgehead atoms. The smallest absolute Gasteiger partial charge is 0.258 e. The van der Waals surface area contributed by atoms with Gasteiger partial charge in [0, 0.05) is 37.5 Å². The number of ether oxygens (including phenoxy) is 1. The molecule has 0 saturated carbocycles. The van der Waals surface area contributed by atoms with Crippen LogP contribution in [0, 0.1) is 6.92 Å². The molecule has 2 aromatic carbocycles. The summed E-state index contributed by atoms with van der Waals surface area (Å²) in [6.45, 7) is 2.10. The van der Waals surface area contributed by atoms with Crippen LogP contribution in [0.3, 0.4) is 0 Å². The van der Waals surface area contributed by atoms with Crippen LogP contribution in [0.1, 0.15) is 29.0 Å². The van der Waals surface area contributed by atoms with Gasteiger partial charge in [0.2, 0.25) is 0 Å². The lowest BCUT2D eigenvalue weighted by Crippen LogP contribution is -2.46. The number of para-hydroxylation sites is 1. The molecule has 0 fully saturated rings. The Morgan fingerprint density at radius 2 is 1.92 bits per heavy atom. The first-order chi connectivity index (χ1) is 12.1. The molecule has 3 aromatic rings. The maximum atomic E-state index is 13.2. The molecular weight excluding hydrogens is 312 g/mol. The highest BCUT2D eigenvalue weighted by Crippen LogP contribution is 2.49. The molecule has 126 valence electrons. The van der Waals surface area contributed by atoms with Crippen molar-refractivity contribution in [3.8, 4) is 5.75 Å². The second-order valence-electron chi connectivity index (χ2n) is 7.16. The van der Waals surface area contributed by atoms with Gasteiger partial charge in [-0.3, -0.25) is 4.79 Å². The monoisotopic (exact) mass is 332 g/mol. The summed E-state index contributed by atoms with van der Waals surface area (Å²) in [6.07, 6.45) is 0.774. The van der Waals surface area contributed by atoms with Crippen LogP contribution in [0.5, 0.6) is 5.75 Å². The van der Waals surface area contributed by atoms with Gasteiger partial charge in [0.1, 0.15) is 5.75 Å². The van der Waals surface area contributed by atoms with Gasteiger partial charge in [-0.15, -0.1) is 0 Å². The number of benzene rings is 2. The molecule has 0 aliphatic carbocycles. The molecule has 0 N–H and O–H groups in total. The maximum absolute atomic E-state index is 13.2. The van der Waals surface area contributed by atoms with Gasteiger partial charge < -0.3 is 14.2 Å². The summed E-state index contributed by atoms with van der Waals surface area (Å²) in [6, 6.07) is 14.5. The molecule has 25 heavy (non-hydrogen) atoms. The molecule has 4 nitrogen and oxygen atoms in total. The third-order valence-corrected chi connectivity index (χ3v) is 5.70. The summed E-state index contributed by atoms with van der Waals surface area (Å²) in [5, 5.41) is 1.01. The van der Waals surface area contributed by atoms with Crippen LogP contribution in [-0.4, -0.2) is 17.8 Å². The minimum absolute atomic E-state index is 0.0387. The Labute approximate surface area is 146 Å². The quantitative estimate of drug-likeness (QED) is 0.631. The predicted molar refractivity (Wildman–Crippen MR) is 99.6 cm³/mol. The molecule has 3 heterocycles. The number of anilines is 1. The van der Waals surface area contributed by atoms with Crippen LogP contribution in [0.2, 0.25) is 0 Å². The van der Waals surface area contributed by atoms with E-state index in [4.69, 9.17) is 4.74 Å². The zero-order valence-electron chi connectivity index (χ0n) is 14.6. The number of aromatic nitrogens is 1. The summed E-state index contributed by atoms with van der Waals surface area (Å²) in [4.78, 5) is 15.4. The lowest BCUT2D eigenvalue weighted by Gasteiger charge is -2.44. The van der Waals surface area contributed by atoms with Crippen LogP contribution in [0.25, 0.3) is 10.9 Å². The van der Waals surface area contributed by atoms with Gasteiger partial charge in [-0.05, 0) is 30.7 Å². The van der Waals surface area contributed by atoms with E-state index in [0.29, 0.717) is 0 Å². The van der Waals surface area contributed by atoms with Gasteiger partial charge in [-0.1, -0.05) is 29.8 Å². The van der Waals surface area contributed by atoms with Crippen LogP contribution in [-0.2, 0) is 7.05 Å². The van der Waals surface area contributed by atoms with Gasteiger partial charge in [-0.25, -0.2) is 0 Å². The largest absolute Gasteiger partial charge is 0.469 e. The fourth-order valence-electron chi connectivity index (χ4n) is 4.38. The van der Waals surface area contributed by atoms with E-state index in [1.165, 1.54) is 11.1 Å². The topological polar surface area (TPSA) is 34.5 Å². The first-order valence-corrected chi connectivity index (χ1v) is 8.68. The summed E-state index contributed by atoms with van der Waals surface area (Å²) in [5.41, 5.74) is 5.38. The normalized spacial score (nSPS) is 20.8. The third kappa shape index (κ3) is 1.85. The predicted octanol–water partition coefficient (Wildman–Crippen LogP) is 3.54. The van der Waals surface area contributed by atoms with E-state index in [1.54, 1.807) is 4.57 Å². The first-order valence-electron chi connectivity index (χ1n) is 8.68. The van der Waals surface area contributed by atoms with E-state index < -0.39 is 0 Å². The van der Waals surface area contributed by atoms with E-state index >= 15 is 0 Å². The van der Waals surface area contributed by atoms with E-state index in [-0.39, 0.29) is 17.7 Å². The number of aryl methyl sites for hydroxylation is 2. The van der Waals surface area contributed by atoms with Crippen molar-refractivity contribution >= 4 is 16.6 Å². The lowest BCUT2D eigenvalue weighted by atomic mass is 9.81. The fraction of sp³-hybridized carbons (Fsp3) is 0.286. The molecule has 0 spiro atoms. The molecular formula is C21H20N2O2. The van der Waals surface area contributed by atoms with Crippen molar-refractivity contribution in [2.24, 2.45) is 7.05 Å². The van der Waals surface area contributed by atoms with Crippen molar-refractivity contribution in [2.75, 3.05) is 11.9 Å². The number of fused-ring (bicyclic) bond motifs is 8. The van der Waals surface area contributed by atoms with Crippen molar-refractivity contribution in [3.05, 3.63) is 69.5 Å². The SMILES string of the molecule is Cc1ccc2c(c1)[C@@H]1C[C@@H](Oc3c1c(=O)n(C)c1ccccc31)N2C. The summed E-state index contributed by atoms with van der Waals surface area (Å²) in [7, 11) is 3.92. The second kappa shape index (κ2) is 4.88. The lowest BCUT2D eigenvalue weighted by molar-refractivity contribution is 0.159. The van der Waals surface area contributed by atoms with E-state index in [9.17, 15) is 4.79 Å². The van der Waals surface area contributed by atoms with Crippen LogP contribution in [0.4, 0.5) is 5.69 Å². The number of pyridine rings is 1. The molecule has 0 saturated heterocycles. The Morgan fingerprint density at radius 3 is 2.76 bits per heavy atom. The van der Waals surface area contributed by atoms with Crippen molar-refractivity contribution in [3.63, 3.8) is 0 Å². The van der Waals surface area contributed by atoms with Crippen LogP contribution >= 0.6 is 0 Å². The first kappa shape index (κ1) is 14.6. The highest BCUT2D eigenvalue weighted by Gasteiger charge is 2.41. The number of hydrogen-bond acceptors (Lipinski definition) is 3. The van der Waals surface area contributed by atoms with Crippen LogP contribution < -0.4 is 15.2 Å². The van der Waals surface area contributed by atoms with Crippen molar-refractivity contribution in [1.82, 2.24) is 4.57 Å². The Bertz CT molecular complexity index is 1080. The van der Waals surface area contributed by atoms with Gasteiger partial charge in [0.15, 0.2) is 6.23 Å². The molecule has 0 unspecified atom stereocenters. The fourth-order valence-corrected chi connectivity index (χ4v) is 4.38. The third-order valence-electron chi connectivity index (χ3n) is 5.70. The summed E-state index contributed by atoms with van der Waals surface area (Å²) in [5.74, 6) is 0.849. The average molecular weight is 332 g/mol. The minimum atomic E-state index is -0.0387. The van der Waals surface area contributed by atoms with Crippen molar-refractivity contribution < 1.29 is 4.74 Å². The molecule has 0 amide bonds. The molecule has 1 aromatic heterocycles. The maximum Gasteiger partial charge on any atom is 0.258 e. The Morgan fingerprint density at radius 1 is 1.12 bits per heavy atom. The number of hydrogen-bond donors (Lipinski definition) is 0. The highest BCUT2D eigenvalue weighted by molar-refractivity contribution is 5.88. The van der Waals surface area contributed by atoms with Crippen LogP contribution in [0.15, 0.2) is 47.3 Å². The highest BCUT2D eigenvalue weighted by atomic mass is 16.5. The number of rotatable bonds is 0. The minimum Gasteiger partial charge on any atom is -0.469 e. The second-order valence-corrected chi connectivity index (χ2v) is 7.16. The standard InChI is InChI=1S/C21H20N2O2/c1-12-8-9-17-14(10-12)15-11-18(22(17)2)25-20-13-6-4-5-7-16(13)23(3)21(24)19(15)20/h4-10,15,18H,11H2,1-3H3/t15-,18+/m0/s1.